The smallest absolute Gasteiger partial charge is 0.00390 e. The van der Waals surface area contributed by atoms with E-state index in [0.29, 0.717) is 6.04 Å². The third-order valence-electron chi connectivity index (χ3n) is 5.59. The minimum Gasteiger partial charge on any atom is -0.328 e. The van der Waals surface area contributed by atoms with Gasteiger partial charge in [0.2, 0.25) is 0 Å². The van der Waals surface area contributed by atoms with Crippen LogP contribution in [0.15, 0.2) is 0 Å². The summed E-state index contributed by atoms with van der Waals surface area (Å²) in [5.41, 5.74) is 6.09. The molecule has 1 aliphatic carbocycles. The van der Waals surface area contributed by atoms with Gasteiger partial charge in [0.25, 0.3) is 0 Å². The first-order valence-corrected chi connectivity index (χ1v) is 10.0. The average molecular weight is 296 g/mol. The number of rotatable bonds is 12. The highest BCUT2D eigenvalue weighted by Crippen LogP contribution is 2.35. The molecule has 0 heterocycles. The van der Waals surface area contributed by atoms with E-state index in [1.165, 1.54) is 96.3 Å². The summed E-state index contributed by atoms with van der Waals surface area (Å²) in [5.74, 6) is 2.01. The summed E-state index contributed by atoms with van der Waals surface area (Å²) in [6, 6.07) is 0.506. The maximum atomic E-state index is 6.09. The molecule has 0 aromatic rings. The van der Waals surface area contributed by atoms with Crippen molar-refractivity contribution in [1.82, 2.24) is 0 Å². The zero-order valence-corrected chi connectivity index (χ0v) is 14.9. The van der Waals surface area contributed by atoms with Gasteiger partial charge in [0.15, 0.2) is 0 Å². The lowest BCUT2D eigenvalue weighted by molar-refractivity contribution is 0.203. The van der Waals surface area contributed by atoms with Crippen LogP contribution in [0.2, 0.25) is 0 Å². The summed E-state index contributed by atoms with van der Waals surface area (Å²) in [5, 5.41) is 0. The molecule has 2 N–H and O–H groups in total. The van der Waals surface area contributed by atoms with Gasteiger partial charge < -0.3 is 5.73 Å². The lowest BCUT2D eigenvalue weighted by atomic mass is 9.74. The van der Waals surface area contributed by atoms with Gasteiger partial charge in [0.1, 0.15) is 0 Å². The largest absolute Gasteiger partial charge is 0.328 e. The summed E-state index contributed by atoms with van der Waals surface area (Å²) >= 11 is 0. The van der Waals surface area contributed by atoms with Crippen LogP contribution in [0.5, 0.6) is 0 Å². The summed E-state index contributed by atoms with van der Waals surface area (Å²) in [4.78, 5) is 0. The average Bonchev–Trinajstić information content (AvgIpc) is 2.50. The normalized spacial score (nSPS) is 24.1. The van der Waals surface area contributed by atoms with Gasteiger partial charge in [-0.15, -0.1) is 0 Å². The van der Waals surface area contributed by atoms with E-state index in [2.05, 4.69) is 13.8 Å². The SMILES string of the molecule is CCCCCCCC(CCCCCC)[C@H]1CC[C@H](N)CC1. The van der Waals surface area contributed by atoms with Crippen LogP contribution in [0.3, 0.4) is 0 Å². The van der Waals surface area contributed by atoms with Gasteiger partial charge >= 0.3 is 0 Å². The van der Waals surface area contributed by atoms with Gasteiger partial charge in [-0.3, -0.25) is 0 Å². The number of hydrogen-bond acceptors (Lipinski definition) is 1. The highest BCUT2D eigenvalue weighted by atomic mass is 14.6. The molecule has 0 aliphatic heterocycles. The van der Waals surface area contributed by atoms with Crippen molar-refractivity contribution in [1.29, 1.82) is 0 Å². The Hall–Kier alpha value is -0.0400. The van der Waals surface area contributed by atoms with Crippen molar-refractivity contribution in [2.24, 2.45) is 17.6 Å². The first-order valence-electron chi connectivity index (χ1n) is 10.0. The van der Waals surface area contributed by atoms with Crippen LogP contribution < -0.4 is 5.73 Å². The van der Waals surface area contributed by atoms with Crippen LogP contribution in [0.25, 0.3) is 0 Å². The Balaban J connectivity index is 2.27. The maximum absolute atomic E-state index is 6.09. The number of unbranched alkanes of at least 4 members (excludes halogenated alkanes) is 7. The molecular formula is C20H41N. The van der Waals surface area contributed by atoms with Gasteiger partial charge in [-0.2, -0.15) is 0 Å². The predicted molar refractivity (Wildman–Crippen MR) is 95.6 cm³/mol. The maximum Gasteiger partial charge on any atom is 0.00390 e. The fourth-order valence-electron chi connectivity index (χ4n) is 4.08. The van der Waals surface area contributed by atoms with Crippen molar-refractivity contribution in [2.75, 3.05) is 0 Å². The van der Waals surface area contributed by atoms with E-state index in [1.54, 1.807) is 0 Å². The monoisotopic (exact) mass is 295 g/mol. The second-order valence-electron chi connectivity index (χ2n) is 7.49. The predicted octanol–water partition coefficient (Wildman–Crippen LogP) is 6.45. The summed E-state index contributed by atoms with van der Waals surface area (Å²) in [6.45, 7) is 4.62. The zero-order chi connectivity index (χ0) is 15.3. The van der Waals surface area contributed by atoms with E-state index in [1.807, 2.05) is 0 Å². The molecule has 126 valence electrons. The molecule has 0 radical (unpaired) electrons. The van der Waals surface area contributed by atoms with E-state index in [9.17, 15) is 0 Å². The Morgan fingerprint density at radius 3 is 1.71 bits per heavy atom. The van der Waals surface area contributed by atoms with Gasteiger partial charge in [0, 0.05) is 6.04 Å². The highest BCUT2D eigenvalue weighted by Gasteiger charge is 2.25. The standard InChI is InChI=1S/C20H41N/c1-3-5-7-9-11-13-18(12-10-8-6-4-2)19-14-16-20(21)17-15-19/h18-20H,3-17,21H2,1-2H3/t18?,19-,20-. The Labute approximate surface area is 134 Å². The van der Waals surface area contributed by atoms with Crippen LogP contribution in [0.1, 0.15) is 110 Å². The molecule has 1 unspecified atom stereocenters. The third-order valence-corrected chi connectivity index (χ3v) is 5.59. The third kappa shape index (κ3) is 8.86. The number of nitrogens with two attached hydrogens (primary N) is 1. The molecule has 1 fully saturated rings. The van der Waals surface area contributed by atoms with Gasteiger partial charge in [0.05, 0.1) is 0 Å². The minimum absolute atomic E-state index is 0.506. The molecule has 0 amide bonds. The topological polar surface area (TPSA) is 26.0 Å². The fraction of sp³-hybridized carbons (Fsp3) is 1.00. The molecule has 21 heavy (non-hydrogen) atoms. The van der Waals surface area contributed by atoms with E-state index in [0.717, 1.165) is 11.8 Å². The number of hydrogen-bond donors (Lipinski definition) is 1. The van der Waals surface area contributed by atoms with Crippen LogP contribution in [0.4, 0.5) is 0 Å². The van der Waals surface area contributed by atoms with Crippen molar-refractivity contribution < 1.29 is 0 Å². The first-order chi connectivity index (χ1) is 10.3. The zero-order valence-electron chi connectivity index (χ0n) is 14.9. The Morgan fingerprint density at radius 2 is 1.19 bits per heavy atom. The Bertz CT molecular complexity index is 218. The van der Waals surface area contributed by atoms with Gasteiger partial charge in [-0.05, 0) is 37.5 Å². The fourth-order valence-corrected chi connectivity index (χ4v) is 4.08. The van der Waals surface area contributed by atoms with Gasteiger partial charge in [-0.1, -0.05) is 84.5 Å². The lowest BCUT2D eigenvalue weighted by Gasteiger charge is -2.33. The van der Waals surface area contributed by atoms with E-state index < -0.39 is 0 Å². The molecule has 0 aromatic carbocycles. The summed E-state index contributed by atoms with van der Waals surface area (Å²) in [7, 11) is 0. The van der Waals surface area contributed by atoms with E-state index >= 15 is 0 Å². The highest BCUT2D eigenvalue weighted by molar-refractivity contribution is 4.79. The second kappa shape index (κ2) is 12.5. The second-order valence-corrected chi connectivity index (χ2v) is 7.49. The first kappa shape index (κ1) is 19.0. The lowest BCUT2D eigenvalue weighted by Crippen LogP contribution is -2.29. The van der Waals surface area contributed by atoms with Gasteiger partial charge in [-0.25, -0.2) is 0 Å². The summed E-state index contributed by atoms with van der Waals surface area (Å²) in [6.07, 6.45) is 21.3. The van der Waals surface area contributed by atoms with E-state index in [-0.39, 0.29) is 0 Å². The van der Waals surface area contributed by atoms with Crippen LogP contribution in [0, 0.1) is 11.8 Å². The molecule has 1 rings (SSSR count). The molecule has 0 bridgehead atoms. The van der Waals surface area contributed by atoms with Crippen molar-refractivity contribution in [3.63, 3.8) is 0 Å². The molecule has 1 atom stereocenters. The molecule has 0 aromatic heterocycles. The molecule has 1 nitrogen and oxygen atoms in total. The van der Waals surface area contributed by atoms with E-state index in [4.69, 9.17) is 5.73 Å². The Kier molecular flexibility index (Phi) is 11.3. The quantitative estimate of drug-likeness (QED) is 0.411. The van der Waals surface area contributed by atoms with Crippen molar-refractivity contribution in [3.8, 4) is 0 Å². The molecule has 0 spiro atoms. The van der Waals surface area contributed by atoms with Crippen LogP contribution >= 0.6 is 0 Å². The summed E-state index contributed by atoms with van der Waals surface area (Å²) < 4.78 is 0. The van der Waals surface area contributed by atoms with Crippen molar-refractivity contribution in [3.05, 3.63) is 0 Å². The van der Waals surface area contributed by atoms with Crippen LogP contribution in [-0.2, 0) is 0 Å². The Morgan fingerprint density at radius 1 is 0.714 bits per heavy atom. The van der Waals surface area contributed by atoms with Crippen LogP contribution in [-0.4, -0.2) is 6.04 Å². The van der Waals surface area contributed by atoms with Crippen molar-refractivity contribution in [2.45, 2.75) is 116 Å². The molecule has 0 saturated heterocycles. The molecule has 1 aliphatic rings. The molecule has 1 heteroatoms. The minimum atomic E-state index is 0.506. The molecule has 1 saturated carbocycles. The molecular weight excluding hydrogens is 254 g/mol. The van der Waals surface area contributed by atoms with Crippen molar-refractivity contribution >= 4 is 0 Å².